The van der Waals surface area contributed by atoms with Crippen molar-refractivity contribution in [1.82, 2.24) is 0 Å². The lowest BCUT2D eigenvalue weighted by Gasteiger charge is -2.24. The van der Waals surface area contributed by atoms with E-state index in [-0.39, 0.29) is 17.6 Å². The Labute approximate surface area is 96.0 Å². The lowest BCUT2D eigenvalue weighted by molar-refractivity contribution is -0.122. The van der Waals surface area contributed by atoms with Gasteiger partial charge in [0, 0.05) is 10.4 Å². The Morgan fingerprint density at radius 2 is 2.20 bits per heavy atom. The molecular formula is C11H11BrFNO. The number of carbonyl (C=O) groups excluding carboxylic acids is 1. The van der Waals surface area contributed by atoms with E-state index in [0.29, 0.717) is 10.2 Å². The molecular weight excluding hydrogens is 261 g/mol. The molecule has 2 nitrogen and oxygen atoms in total. The van der Waals surface area contributed by atoms with Crippen LogP contribution in [0.1, 0.15) is 19.3 Å². The van der Waals surface area contributed by atoms with Crippen molar-refractivity contribution in [3.05, 3.63) is 28.5 Å². The molecule has 0 aromatic heterocycles. The second kappa shape index (κ2) is 4.31. The summed E-state index contributed by atoms with van der Waals surface area (Å²) in [6, 6.07) is 4.26. The minimum absolute atomic E-state index is 0.00690. The average molecular weight is 272 g/mol. The topological polar surface area (TPSA) is 29.1 Å². The molecule has 1 N–H and O–H groups in total. The number of hydrogen-bond donors (Lipinski definition) is 1. The molecule has 0 radical (unpaired) electrons. The molecule has 1 aliphatic carbocycles. The number of carbonyl (C=O) groups is 1. The van der Waals surface area contributed by atoms with Gasteiger partial charge >= 0.3 is 0 Å². The van der Waals surface area contributed by atoms with Crippen molar-refractivity contribution >= 4 is 27.5 Å². The molecule has 0 bridgehead atoms. The molecule has 0 saturated heterocycles. The summed E-state index contributed by atoms with van der Waals surface area (Å²) in [5.74, 6) is -0.241. The molecule has 1 aromatic carbocycles. The Balaban J connectivity index is 2.09. The molecule has 1 amide bonds. The van der Waals surface area contributed by atoms with Crippen molar-refractivity contribution in [2.45, 2.75) is 19.3 Å². The Bertz CT molecular complexity index is 390. The minimum Gasteiger partial charge on any atom is -0.325 e. The highest BCUT2D eigenvalue weighted by Gasteiger charge is 2.25. The highest BCUT2D eigenvalue weighted by molar-refractivity contribution is 9.10. The lowest BCUT2D eigenvalue weighted by Crippen LogP contribution is -2.28. The monoisotopic (exact) mass is 271 g/mol. The van der Waals surface area contributed by atoms with Crippen LogP contribution in [0.4, 0.5) is 10.1 Å². The summed E-state index contributed by atoms with van der Waals surface area (Å²) in [4.78, 5) is 11.6. The van der Waals surface area contributed by atoms with Gasteiger partial charge < -0.3 is 5.32 Å². The number of halogens is 2. The standard InChI is InChI=1S/C11H11BrFNO/c12-9-5-4-8(13)6-10(9)14-11(15)7-2-1-3-7/h4-7H,1-3H2,(H,14,15). The Morgan fingerprint density at radius 3 is 2.80 bits per heavy atom. The van der Waals surface area contributed by atoms with Crippen LogP contribution in [0.25, 0.3) is 0 Å². The molecule has 0 spiro atoms. The first-order valence-corrected chi connectivity index (χ1v) is 5.72. The number of benzene rings is 1. The van der Waals surface area contributed by atoms with Crippen molar-refractivity contribution in [2.75, 3.05) is 5.32 Å². The number of amides is 1. The molecule has 80 valence electrons. The molecule has 0 aliphatic heterocycles. The molecule has 2 rings (SSSR count). The molecule has 1 saturated carbocycles. The summed E-state index contributed by atoms with van der Waals surface area (Å²) in [6.07, 6.45) is 3.00. The Hall–Kier alpha value is -0.900. The maximum Gasteiger partial charge on any atom is 0.227 e. The van der Waals surface area contributed by atoms with E-state index in [4.69, 9.17) is 0 Å². The van der Waals surface area contributed by atoms with Gasteiger partial charge in [0.05, 0.1) is 5.69 Å². The fourth-order valence-electron chi connectivity index (χ4n) is 1.50. The van der Waals surface area contributed by atoms with Crippen LogP contribution in [0, 0.1) is 11.7 Å². The fraction of sp³-hybridized carbons (Fsp3) is 0.364. The second-order valence-electron chi connectivity index (χ2n) is 3.74. The predicted molar refractivity (Wildman–Crippen MR) is 60.1 cm³/mol. The highest BCUT2D eigenvalue weighted by Crippen LogP contribution is 2.29. The van der Waals surface area contributed by atoms with E-state index in [9.17, 15) is 9.18 Å². The Kier molecular flexibility index (Phi) is 3.05. The van der Waals surface area contributed by atoms with Crippen LogP contribution in [-0.4, -0.2) is 5.91 Å². The van der Waals surface area contributed by atoms with Crippen LogP contribution in [0.5, 0.6) is 0 Å². The summed E-state index contributed by atoms with van der Waals surface area (Å²) in [6.45, 7) is 0. The van der Waals surface area contributed by atoms with Crippen LogP contribution >= 0.6 is 15.9 Å². The molecule has 1 aliphatic rings. The normalized spacial score (nSPS) is 15.9. The van der Waals surface area contributed by atoms with Crippen LogP contribution < -0.4 is 5.32 Å². The van der Waals surface area contributed by atoms with Crippen LogP contribution in [0.2, 0.25) is 0 Å². The highest BCUT2D eigenvalue weighted by atomic mass is 79.9. The zero-order chi connectivity index (χ0) is 10.8. The summed E-state index contributed by atoms with van der Waals surface area (Å²) in [5.41, 5.74) is 0.506. The number of hydrogen-bond acceptors (Lipinski definition) is 1. The van der Waals surface area contributed by atoms with Crippen molar-refractivity contribution in [1.29, 1.82) is 0 Å². The van der Waals surface area contributed by atoms with Crippen molar-refractivity contribution in [2.24, 2.45) is 5.92 Å². The number of nitrogens with one attached hydrogen (secondary N) is 1. The maximum atomic E-state index is 12.9. The van der Waals surface area contributed by atoms with E-state index in [1.165, 1.54) is 12.1 Å². The van der Waals surface area contributed by atoms with Gasteiger partial charge in [-0.3, -0.25) is 4.79 Å². The molecule has 0 atom stereocenters. The van der Waals surface area contributed by atoms with Gasteiger partial charge in [0.2, 0.25) is 5.91 Å². The quantitative estimate of drug-likeness (QED) is 0.879. The van der Waals surface area contributed by atoms with E-state index >= 15 is 0 Å². The average Bonchev–Trinajstić information content (AvgIpc) is 2.08. The third-order valence-corrected chi connectivity index (χ3v) is 3.35. The van der Waals surface area contributed by atoms with E-state index in [1.807, 2.05) is 0 Å². The number of rotatable bonds is 2. The van der Waals surface area contributed by atoms with Gasteiger partial charge in [-0.25, -0.2) is 4.39 Å². The van der Waals surface area contributed by atoms with E-state index in [1.54, 1.807) is 6.07 Å². The van der Waals surface area contributed by atoms with Gasteiger partial charge in [-0.2, -0.15) is 0 Å². The summed E-state index contributed by atoms with van der Waals surface area (Å²) >= 11 is 3.27. The Morgan fingerprint density at radius 1 is 1.47 bits per heavy atom. The van der Waals surface area contributed by atoms with Gasteiger partial charge in [-0.05, 0) is 47.0 Å². The van der Waals surface area contributed by atoms with Crippen LogP contribution in [-0.2, 0) is 4.79 Å². The molecule has 4 heteroatoms. The van der Waals surface area contributed by atoms with Crippen molar-refractivity contribution in [3.8, 4) is 0 Å². The van der Waals surface area contributed by atoms with Gasteiger partial charge in [-0.15, -0.1) is 0 Å². The molecule has 1 fully saturated rings. The molecule has 1 aromatic rings. The summed E-state index contributed by atoms with van der Waals surface area (Å²) < 4.78 is 13.6. The van der Waals surface area contributed by atoms with E-state index < -0.39 is 0 Å². The van der Waals surface area contributed by atoms with Gasteiger partial charge in [0.25, 0.3) is 0 Å². The second-order valence-corrected chi connectivity index (χ2v) is 4.60. The molecule has 15 heavy (non-hydrogen) atoms. The largest absolute Gasteiger partial charge is 0.325 e. The zero-order valence-electron chi connectivity index (χ0n) is 8.09. The maximum absolute atomic E-state index is 12.9. The third-order valence-electron chi connectivity index (χ3n) is 2.66. The lowest BCUT2D eigenvalue weighted by atomic mass is 9.85. The van der Waals surface area contributed by atoms with Crippen molar-refractivity contribution in [3.63, 3.8) is 0 Å². The zero-order valence-corrected chi connectivity index (χ0v) is 9.68. The number of anilines is 1. The first kappa shape index (κ1) is 10.6. The smallest absolute Gasteiger partial charge is 0.227 e. The summed E-state index contributed by atoms with van der Waals surface area (Å²) in [7, 11) is 0. The first-order chi connectivity index (χ1) is 7.16. The summed E-state index contributed by atoms with van der Waals surface area (Å²) in [5, 5.41) is 2.73. The van der Waals surface area contributed by atoms with Gasteiger partial charge in [-0.1, -0.05) is 6.42 Å². The molecule has 0 unspecified atom stereocenters. The fourth-order valence-corrected chi connectivity index (χ4v) is 1.84. The van der Waals surface area contributed by atoms with Crippen LogP contribution in [0.3, 0.4) is 0 Å². The third kappa shape index (κ3) is 2.37. The van der Waals surface area contributed by atoms with Gasteiger partial charge in [0.15, 0.2) is 0 Å². The SMILES string of the molecule is O=C(Nc1cc(F)ccc1Br)C1CCC1. The minimum atomic E-state index is -0.345. The van der Waals surface area contributed by atoms with E-state index in [2.05, 4.69) is 21.2 Å². The van der Waals surface area contributed by atoms with Gasteiger partial charge in [0.1, 0.15) is 5.82 Å². The first-order valence-electron chi connectivity index (χ1n) is 4.93. The molecule has 0 heterocycles. The van der Waals surface area contributed by atoms with E-state index in [0.717, 1.165) is 19.3 Å². The predicted octanol–water partition coefficient (Wildman–Crippen LogP) is 3.33. The van der Waals surface area contributed by atoms with Crippen molar-refractivity contribution < 1.29 is 9.18 Å². The van der Waals surface area contributed by atoms with Crippen LogP contribution in [0.15, 0.2) is 22.7 Å².